The Balaban J connectivity index is 1.65. The zero-order valence-electron chi connectivity index (χ0n) is 19.4. The third-order valence-corrected chi connectivity index (χ3v) is 5.93. The van der Waals surface area contributed by atoms with E-state index in [9.17, 15) is 4.79 Å². The molecule has 1 aliphatic rings. The summed E-state index contributed by atoms with van der Waals surface area (Å²) in [5, 5.41) is 6.95. The molecule has 0 spiro atoms. The highest BCUT2D eigenvalue weighted by Gasteiger charge is 2.28. The fourth-order valence-electron chi connectivity index (χ4n) is 4.04. The lowest BCUT2D eigenvalue weighted by atomic mass is 10.00. The molecule has 1 atom stereocenters. The SMILES string of the molecule is COC(CNC1CN(Cc2ccccc2)C(=O)c2cc(-c3ccc(C)cc3)ccc2N1)OC. The molecule has 0 fully saturated rings. The van der Waals surface area contributed by atoms with Crippen LogP contribution in [0.4, 0.5) is 5.69 Å². The first-order valence-corrected chi connectivity index (χ1v) is 11.2. The molecule has 0 aromatic heterocycles. The maximum absolute atomic E-state index is 13.7. The number of hydrogen-bond acceptors (Lipinski definition) is 5. The van der Waals surface area contributed by atoms with Crippen LogP contribution in [0.3, 0.4) is 0 Å². The number of ether oxygens (including phenoxy) is 2. The normalized spacial score (nSPS) is 15.8. The average Bonchev–Trinajstić information content (AvgIpc) is 2.97. The summed E-state index contributed by atoms with van der Waals surface area (Å²) < 4.78 is 10.6. The van der Waals surface area contributed by atoms with Crippen LogP contribution < -0.4 is 10.6 Å². The first kappa shape index (κ1) is 23.0. The smallest absolute Gasteiger partial charge is 0.256 e. The number of methoxy groups -OCH3 is 2. The molecule has 0 radical (unpaired) electrons. The van der Waals surface area contributed by atoms with Gasteiger partial charge in [-0.15, -0.1) is 0 Å². The molecule has 3 aromatic rings. The second-order valence-corrected chi connectivity index (χ2v) is 8.30. The summed E-state index contributed by atoms with van der Waals surface area (Å²) in [5.74, 6) is 0.00893. The van der Waals surface area contributed by atoms with E-state index in [-0.39, 0.29) is 18.4 Å². The maximum atomic E-state index is 13.7. The molecule has 6 heteroatoms. The minimum absolute atomic E-state index is 0.00893. The Morgan fingerprint density at radius 3 is 2.39 bits per heavy atom. The van der Waals surface area contributed by atoms with Gasteiger partial charge in [0.1, 0.15) is 0 Å². The van der Waals surface area contributed by atoms with E-state index in [2.05, 4.69) is 47.9 Å². The van der Waals surface area contributed by atoms with Crippen molar-refractivity contribution < 1.29 is 14.3 Å². The van der Waals surface area contributed by atoms with Crippen molar-refractivity contribution in [3.8, 4) is 11.1 Å². The Morgan fingerprint density at radius 1 is 1.00 bits per heavy atom. The Labute approximate surface area is 195 Å². The molecule has 1 unspecified atom stereocenters. The van der Waals surface area contributed by atoms with Crippen LogP contribution in [0.25, 0.3) is 11.1 Å². The van der Waals surface area contributed by atoms with Gasteiger partial charge in [-0.05, 0) is 35.7 Å². The van der Waals surface area contributed by atoms with Gasteiger partial charge in [0.25, 0.3) is 5.91 Å². The highest BCUT2D eigenvalue weighted by atomic mass is 16.7. The topological polar surface area (TPSA) is 62.8 Å². The average molecular weight is 446 g/mol. The largest absolute Gasteiger partial charge is 0.368 e. The van der Waals surface area contributed by atoms with E-state index >= 15 is 0 Å². The van der Waals surface area contributed by atoms with E-state index in [0.717, 1.165) is 22.4 Å². The summed E-state index contributed by atoms with van der Waals surface area (Å²) in [6, 6.07) is 24.5. The van der Waals surface area contributed by atoms with Gasteiger partial charge in [0.2, 0.25) is 0 Å². The third kappa shape index (κ3) is 5.60. The number of aryl methyl sites for hydroxylation is 1. The van der Waals surface area contributed by atoms with Gasteiger partial charge in [-0.3, -0.25) is 10.1 Å². The molecule has 1 heterocycles. The fourth-order valence-corrected chi connectivity index (χ4v) is 4.04. The number of rotatable bonds is 8. The van der Waals surface area contributed by atoms with Crippen LogP contribution in [0.1, 0.15) is 21.5 Å². The summed E-state index contributed by atoms with van der Waals surface area (Å²) in [4.78, 5) is 15.6. The van der Waals surface area contributed by atoms with Gasteiger partial charge >= 0.3 is 0 Å². The lowest BCUT2D eigenvalue weighted by Gasteiger charge is -2.27. The minimum atomic E-state index is -0.364. The highest BCUT2D eigenvalue weighted by molar-refractivity contribution is 6.01. The van der Waals surface area contributed by atoms with Gasteiger partial charge < -0.3 is 19.7 Å². The van der Waals surface area contributed by atoms with Gasteiger partial charge in [-0.2, -0.15) is 0 Å². The molecular formula is C27H31N3O3. The van der Waals surface area contributed by atoms with E-state index in [4.69, 9.17) is 9.47 Å². The Kier molecular flexibility index (Phi) is 7.40. The standard InChI is InChI=1S/C27H31N3O3/c1-19-9-11-21(12-10-19)22-13-14-24-23(15-22)27(31)30(17-20-7-5-4-6-8-20)18-25(29-24)28-16-26(32-2)33-3/h4-15,25-26,28-29H,16-18H2,1-3H3. The Morgan fingerprint density at radius 2 is 1.70 bits per heavy atom. The zero-order valence-corrected chi connectivity index (χ0v) is 19.4. The third-order valence-electron chi connectivity index (χ3n) is 5.93. The minimum Gasteiger partial charge on any atom is -0.368 e. The number of benzene rings is 3. The summed E-state index contributed by atoms with van der Waals surface area (Å²) in [6.45, 7) is 3.60. The highest BCUT2D eigenvalue weighted by Crippen LogP contribution is 2.29. The molecule has 0 saturated carbocycles. The van der Waals surface area contributed by atoms with E-state index in [1.807, 2.05) is 47.4 Å². The first-order chi connectivity index (χ1) is 16.1. The van der Waals surface area contributed by atoms with Gasteiger partial charge in [0.15, 0.2) is 6.29 Å². The Hall–Kier alpha value is -3.19. The number of carbonyl (C=O) groups is 1. The molecule has 0 bridgehead atoms. The number of hydrogen-bond donors (Lipinski definition) is 2. The maximum Gasteiger partial charge on any atom is 0.256 e. The monoisotopic (exact) mass is 445 g/mol. The molecule has 6 nitrogen and oxygen atoms in total. The molecule has 172 valence electrons. The number of fused-ring (bicyclic) bond motifs is 1. The predicted molar refractivity (Wildman–Crippen MR) is 131 cm³/mol. The number of nitrogens with one attached hydrogen (secondary N) is 2. The number of nitrogens with zero attached hydrogens (tertiary/aromatic N) is 1. The van der Waals surface area contributed by atoms with E-state index < -0.39 is 0 Å². The number of amides is 1. The van der Waals surface area contributed by atoms with Crippen LogP contribution in [-0.2, 0) is 16.0 Å². The Bertz CT molecular complexity index is 1070. The quantitative estimate of drug-likeness (QED) is 0.507. The van der Waals surface area contributed by atoms with Crippen LogP contribution in [0, 0.1) is 6.92 Å². The predicted octanol–water partition coefficient (Wildman–Crippen LogP) is 4.26. The van der Waals surface area contributed by atoms with Gasteiger partial charge in [0, 0.05) is 33.0 Å². The van der Waals surface area contributed by atoms with Gasteiger partial charge in [-0.25, -0.2) is 0 Å². The lowest BCUT2D eigenvalue weighted by molar-refractivity contribution is -0.0997. The molecule has 4 rings (SSSR count). The molecule has 1 aliphatic heterocycles. The van der Waals surface area contributed by atoms with E-state index in [1.54, 1.807) is 14.2 Å². The molecule has 3 aromatic carbocycles. The number of carbonyl (C=O) groups excluding carboxylic acids is 1. The van der Waals surface area contributed by atoms with Crippen molar-refractivity contribution >= 4 is 11.6 Å². The van der Waals surface area contributed by atoms with Crippen molar-refractivity contribution in [2.75, 3.05) is 32.6 Å². The van der Waals surface area contributed by atoms with E-state index in [1.165, 1.54) is 5.56 Å². The number of anilines is 1. The zero-order chi connectivity index (χ0) is 23.2. The van der Waals surface area contributed by atoms with Crippen LogP contribution >= 0.6 is 0 Å². The second kappa shape index (κ2) is 10.6. The van der Waals surface area contributed by atoms with Crippen LogP contribution in [0.15, 0.2) is 72.8 Å². The molecule has 1 amide bonds. The van der Waals surface area contributed by atoms with Crippen LogP contribution in [0.2, 0.25) is 0 Å². The molecule has 0 aliphatic carbocycles. The summed E-state index contributed by atoms with van der Waals surface area (Å²) in [7, 11) is 3.23. The van der Waals surface area contributed by atoms with Crippen molar-refractivity contribution in [3.05, 3.63) is 89.5 Å². The van der Waals surface area contributed by atoms with Crippen molar-refractivity contribution in [1.29, 1.82) is 0 Å². The molecule has 2 N–H and O–H groups in total. The fraction of sp³-hybridized carbons (Fsp3) is 0.296. The molecular weight excluding hydrogens is 414 g/mol. The summed E-state index contributed by atoms with van der Waals surface area (Å²) in [6.07, 6.45) is -0.520. The van der Waals surface area contributed by atoms with Crippen LogP contribution in [-0.4, -0.2) is 50.6 Å². The van der Waals surface area contributed by atoms with Gasteiger partial charge in [0.05, 0.1) is 18.3 Å². The van der Waals surface area contributed by atoms with Crippen molar-refractivity contribution in [2.24, 2.45) is 0 Å². The van der Waals surface area contributed by atoms with Crippen molar-refractivity contribution in [2.45, 2.75) is 25.9 Å². The van der Waals surface area contributed by atoms with Crippen molar-refractivity contribution in [3.63, 3.8) is 0 Å². The van der Waals surface area contributed by atoms with Crippen molar-refractivity contribution in [1.82, 2.24) is 10.2 Å². The molecule has 33 heavy (non-hydrogen) atoms. The second-order valence-electron chi connectivity index (χ2n) is 8.30. The first-order valence-electron chi connectivity index (χ1n) is 11.2. The summed E-state index contributed by atoms with van der Waals surface area (Å²) >= 11 is 0. The summed E-state index contributed by atoms with van der Waals surface area (Å²) in [5.41, 5.74) is 5.90. The lowest BCUT2D eigenvalue weighted by Crippen LogP contribution is -2.48. The van der Waals surface area contributed by atoms with Gasteiger partial charge in [-0.1, -0.05) is 66.2 Å². The van der Waals surface area contributed by atoms with Crippen LogP contribution in [0.5, 0.6) is 0 Å². The molecule has 0 saturated heterocycles. The van der Waals surface area contributed by atoms with E-state index in [0.29, 0.717) is 25.2 Å².